The monoisotopic (exact) mass is 387 g/mol. The van der Waals surface area contributed by atoms with Crippen molar-refractivity contribution in [2.45, 2.75) is 32.6 Å². The maximum Gasteiger partial charge on any atom is 0.253 e. The van der Waals surface area contributed by atoms with Gasteiger partial charge in [0.2, 0.25) is 0 Å². The van der Waals surface area contributed by atoms with Gasteiger partial charge in [-0.15, -0.1) is 12.4 Å². The molecular weight excluding hydrogens is 358 g/mol. The first-order valence-electron chi connectivity index (χ1n) is 9.45. The minimum Gasteiger partial charge on any atom is -0.336 e. The number of hydrogen-bond acceptors (Lipinski definition) is 3. The van der Waals surface area contributed by atoms with E-state index in [1.807, 2.05) is 35.4 Å². The minimum absolute atomic E-state index is 0. The summed E-state index contributed by atoms with van der Waals surface area (Å²) in [5.74, 6) is 0.148. The van der Waals surface area contributed by atoms with Crippen molar-refractivity contribution in [1.29, 1.82) is 0 Å². The largest absolute Gasteiger partial charge is 0.336 e. The topological polar surface area (TPSA) is 36.4 Å². The van der Waals surface area contributed by atoms with Gasteiger partial charge in [0.25, 0.3) is 5.91 Å². The highest BCUT2D eigenvalue weighted by Gasteiger charge is 2.22. The number of amides is 1. The number of hydrogen-bond donors (Lipinski definition) is 0. The van der Waals surface area contributed by atoms with Crippen molar-refractivity contribution in [3.05, 3.63) is 65.5 Å². The summed E-state index contributed by atoms with van der Waals surface area (Å²) >= 11 is 0. The Bertz CT molecular complexity index is 717. The Morgan fingerprint density at radius 3 is 2.22 bits per heavy atom. The molecule has 1 saturated heterocycles. The highest BCUT2D eigenvalue weighted by atomic mass is 35.5. The highest BCUT2D eigenvalue weighted by Crippen LogP contribution is 2.22. The molecule has 1 amide bonds. The summed E-state index contributed by atoms with van der Waals surface area (Å²) in [6, 6.07) is 14.1. The molecule has 2 heterocycles. The van der Waals surface area contributed by atoms with Crippen molar-refractivity contribution < 1.29 is 4.79 Å². The van der Waals surface area contributed by atoms with Crippen molar-refractivity contribution >= 4 is 18.3 Å². The fraction of sp³-hybridized carbons (Fsp3) is 0.455. The van der Waals surface area contributed by atoms with Crippen LogP contribution in [-0.2, 0) is 11.8 Å². The lowest BCUT2D eigenvalue weighted by Crippen LogP contribution is -2.49. The van der Waals surface area contributed by atoms with Crippen LogP contribution in [0.3, 0.4) is 0 Å². The van der Waals surface area contributed by atoms with Crippen LogP contribution in [0.15, 0.2) is 48.7 Å². The van der Waals surface area contributed by atoms with Gasteiger partial charge in [0.1, 0.15) is 0 Å². The lowest BCUT2D eigenvalue weighted by molar-refractivity contribution is 0.0638. The third kappa shape index (κ3) is 5.78. The van der Waals surface area contributed by atoms with Crippen LogP contribution in [0.4, 0.5) is 0 Å². The Labute approximate surface area is 169 Å². The van der Waals surface area contributed by atoms with E-state index in [9.17, 15) is 4.79 Å². The third-order valence-electron chi connectivity index (χ3n) is 5.07. The van der Waals surface area contributed by atoms with Crippen LogP contribution in [0.2, 0.25) is 0 Å². The molecule has 1 aliphatic heterocycles. The summed E-state index contributed by atoms with van der Waals surface area (Å²) in [6.07, 6.45) is 2.81. The zero-order chi connectivity index (χ0) is 18.6. The Kier molecular flexibility index (Phi) is 7.40. The van der Waals surface area contributed by atoms with Crippen LogP contribution in [-0.4, -0.2) is 53.4 Å². The van der Waals surface area contributed by atoms with Crippen molar-refractivity contribution in [3.8, 4) is 0 Å². The second-order valence-electron chi connectivity index (χ2n) is 8.03. The average Bonchev–Trinajstić information content (AvgIpc) is 2.66. The van der Waals surface area contributed by atoms with E-state index < -0.39 is 0 Å². The van der Waals surface area contributed by atoms with Gasteiger partial charge in [0.05, 0.1) is 0 Å². The van der Waals surface area contributed by atoms with Gasteiger partial charge in [0, 0.05) is 56.6 Å². The number of rotatable bonds is 4. The average molecular weight is 388 g/mol. The van der Waals surface area contributed by atoms with Crippen molar-refractivity contribution in [2.24, 2.45) is 0 Å². The number of benzene rings is 1. The van der Waals surface area contributed by atoms with Crippen molar-refractivity contribution in [3.63, 3.8) is 0 Å². The van der Waals surface area contributed by atoms with Gasteiger partial charge < -0.3 is 4.90 Å². The molecule has 0 spiro atoms. The molecular formula is C22H30ClN3O. The molecule has 4 nitrogen and oxygen atoms in total. The number of piperazine rings is 1. The standard InChI is InChI=1S/C22H29N3O.ClH/c1-22(2,3)19-9-7-18(8-10-19)21(26)25-16-14-24(15-17-25)13-11-20-6-4-5-12-23-20;/h4-10,12H,11,13-17H2,1-3H3;1H. The second-order valence-corrected chi connectivity index (χ2v) is 8.03. The molecule has 146 valence electrons. The number of aromatic nitrogens is 1. The summed E-state index contributed by atoms with van der Waals surface area (Å²) in [5, 5.41) is 0. The van der Waals surface area contributed by atoms with E-state index in [0.29, 0.717) is 0 Å². The van der Waals surface area contributed by atoms with Crippen LogP contribution in [0.1, 0.15) is 42.4 Å². The summed E-state index contributed by atoms with van der Waals surface area (Å²) < 4.78 is 0. The first kappa shape index (κ1) is 21.4. The van der Waals surface area contributed by atoms with Crippen LogP contribution in [0, 0.1) is 0 Å². The smallest absolute Gasteiger partial charge is 0.253 e. The molecule has 5 heteroatoms. The molecule has 0 saturated carbocycles. The number of nitrogens with zero attached hydrogens (tertiary/aromatic N) is 3. The summed E-state index contributed by atoms with van der Waals surface area (Å²) in [5.41, 5.74) is 3.29. The van der Waals surface area contributed by atoms with Gasteiger partial charge in [-0.1, -0.05) is 39.0 Å². The predicted molar refractivity (Wildman–Crippen MR) is 113 cm³/mol. The third-order valence-corrected chi connectivity index (χ3v) is 5.07. The molecule has 1 fully saturated rings. The van der Waals surface area contributed by atoms with Crippen LogP contribution in [0.25, 0.3) is 0 Å². The van der Waals surface area contributed by atoms with Gasteiger partial charge in [-0.2, -0.15) is 0 Å². The molecule has 0 radical (unpaired) electrons. The first-order chi connectivity index (χ1) is 12.4. The highest BCUT2D eigenvalue weighted by molar-refractivity contribution is 5.94. The van der Waals surface area contributed by atoms with Crippen molar-refractivity contribution in [1.82, 2.24) is 14.8 Å². The Morgan fingerprint density at radius 2 is 1.67 bits per heavy atom. The maximum atomic E-state index is 12.7. The molecule has 1 aromatic carbocycles. The Hall–Kier alpha value is -1.91. The SMILES string of the molecule is CC(C)(C)c1ccc(C(=O)N2CCN(CCc3ccccn3)CC2)cc1.Cl. The molecule has 0 unspecified atom stereocenters. The number of carbonyl (C=O) groups is 1. The zero-order valence-electron chi connectivity index (χ0n) is 16.5. The van der Waals surface area contributed by atoms with Gasteiger partial charge in [0.15, 0.2) is 0 Å². The summed E-state index contributed by atoms with van der Waals surface area (Å²) in [7, 11) is 0. The van der Waals surface area contributed by atoms with Gasteiger partial charge in [-0.25, -0.2) is 0 Å². The van der Waals surface area contributed by atoms with E-state index in [0.717, 1.165) is 50.4 Å². The molecule has 1 aliphatic rings. The fourth-order valence-corrected chi connectivity index (χ4v) is 3.29. The quantitative estimate of drug-likeness (QED) is 0.800. The van der Waals surface area contributed by atoms with Crippen LogP contribution >= 0.6 is 12.4 Å². The molecule has 0 aliphatic carbocycles. The van der Waals surface area contributed by atoms with Gasteiger partial charge in [-0.05, 0) is 35.2 Å². The number of carbonyl (C=O) groups excluding carboxylic acids is 1. The van der Waals surface area contributed by atoms with E-state index in [1.54, 1.807) is 0 Å². The Balaban J connectivity index is 0.00000261. The van der Waals surface area contributed by atoms with E-state index in [-0.39, 0.29) is 23.7 Å². The molecule has 0 N–H and O–H groups in total. The Morgan fingerprint density at radius 1 is 1.00 bits per heavy atom. The first-order valence-corrected chi connectivity index (χ1v) is 9.45. The number of pyridine rings is 1. The van der Waals surface area contributed by atoms with E-state index >= 15 is 0 Å². The van der Waals surface area contributed by atoms with Gasteiger partial charge in [-0.3, -0.25) is 14.7 Å². The predicted octanol–water partition coefficient (Wildman–Crippen LogP) is 3.80. The fourth-order valence-electron chi connectivity index (χ4n) is 3.29. The number of halogens is 1. The van der Waals surface area contributed by atoms with E-state index in [1.165, 1.54) is 5.56 Å². The molecule has 3 rings (SSSR count). The molecule has 0 bridgehead atoms. The van der Waals surface area contributed by atoms with Crippen LogP contribution < -0.4 is 0 Å². The lowest BCUT2D eigenvalue weighted by Gasteiger charge is -2.34. The molecule has 0 atom stereocenters. The summed E-state index contributed by atoms with van der Waals surface area (Å²) in [4.78, 5) is 21.5. The molecule has 1 aromatic heterocycles. The van der Waals surface area contributed by atoms with E-state index in [4.69, 9.17) is 0 Å². The second kappa shape index (κ2) is 9.34. The normalized spacial score (nSPS) is 15.3. The lowest BCUT2D eigenvalue weighted by atomic mass is 9.86. The maximum absolute atomic E-state index is 12.7. The van der Waals surface area contributed by atoms with E-state index in [2.05, 4.69) is 48.9 Å². The minimum atomic E-state index is 0. The van der Waals surface area contributed by atoms with Gasteiger partial charge >= 0.3 is 0 Å². The molecule has 27 heavy (non-hydrogen) atoms. The van der Waals surface area contributed by atoms with Crippen molar-refractivity contribution in [2.75, 3.05) is 32.7 Å². The van der Waals surface area contributed by atoms with Crippen LogP contribution in [0.5, 0.6) is 0 Å². The zero-order valence-corrected chi connectivity index (χ0v) is 17.3. The molecule has 2 aromatic rings. The summed E-state index contributed by atoms with van der Waals surface area (Å²) in [6.45, 7) is 11.0.